The maximum atomic E-state index is 13.2. The summed E-state index contributed by atoms with van der Waals surface area (Å²) in [7, 11) is 0. The summed E-state index contributed by atoms with van der Waals surface area (Å²) in [6, 6.07) is 15.5. The average Bonchev–Trinajstić information content (AvgIpc) is 3.43. The molecule has 3 aromatic heterocycles. The number of rotatable bonds is 5. The number of hydrogen-bond acceptors (Lipinski definition) is 6. The standard InChI is InChI=1S/C25H22N6O2S/c1-16-9-17(2)11-21(10-16)31-23-22(12-27-31)24(33)29(15-26-23)13-19-14-34-25(28-19)30(18(3)32)20-7-5-4-6-8-20/h4-12,14-15H,13H2,1-3H3. The molecule has 0 bridgehead atoms. The minimum atomic E-state index is -0.193. The predicted octanol–water partition coefficient (Wildman–Crippen LogP) is 4.39. The molecule has 170 valence electrons. The van der Waals surface area contributed by atoms with Crippen LogP contribution in [0.5, 0.6) is 0 Å². The second-order valence-corrected chi connectivity index (χ2v) is 8.97. The van der Waals surface area contributed by atoms with Crippen molar-refractivity contribution in [1.29, 1.82) is 0 Å². The van der Waals surface area contributed by atoms with Gasteiger partial charge in [-0.25, -0.2) is 14.6 Å². The van der Waals surface area contributed by atoms with Crippen LogP contribution in [0.1, 0.15) is 23.7 Å². The molecule has 0 aliphatic carbocycles. The molecule has 8 nitrogen and oxygen atoms in total. The number of amides is 1. The second kappa shape index (κ2) is 8.68. The molecule has 1 amide bonds. The monoisotopic (exact) mass is 470 g/mol. The summed E-state index contributed by atoms with van der Waals surface area (Å²) in [5, 5.41) is 7.26. The van der Waals surface area contributed by atoms with Gasteiger partial charge in [-0.1, -0.05) is 24.3 Å². The first-order chi connectivity index (χ1) is 16.4. The van der Waals surface area contributed by atoms with Gasteiger partial charge in [-0.2, -0.15) is 5.10 Å². The van der Waals surface area contributed by atoms with Gasteiger partial charge in [0.05, 0.1) is 29.8 Å². The van der Waals surface area contributed by atoms with Gasteiger partial charge in [-0.3, -0.25) is 19.1 Å². The number of aryl methyl sites for hydroxylation is 2. The fraction of sp³-hybridized carbons (Fsp3) is 0.160. The van der Waals surface area contributed by atoms with Crippen molar-refractivity contribution in [1.82, 2.24) is 24.3 Å². The van der Waals surface area contributed by atoms with E-state index in [2.05, 4.69) is 21.1 Å². The molecule has 0 fully saturated rings. The van der Waals surface area contributed by atoms with Crippen molar-refractivity contribution in [2.75, 3.05) is 4.90 Å². The molecule has 0 aliphatic rings. The van der Waals surface area contributed by atoms with E-state index in [9.17, 15) is 9.59 Å². The van der Waals surface area contributed by atoms with Crippen LogP contribution in [0.15, 0.2) is 71.2 Å². The molecule has 34 heavy (non-hydrogen) atoms. The minimum Gasteiger partial charge on any atom is -0.292 e. The number of aromatic nitrogens is 5. The summed E-state index contributed by atoms with van der Waals surface area (Å²) in [5.41, 5.74) is 4.83. The Hall–Kier alpha value is -4.11. The number of fused-ring (bicyclic) bond motifs is 1. The lowest BCUT2D eigenvalue weighted by Gasteiger charge is -2.17. The van der Waals surface area contributed by atoms with Crippen LogP contribution in [0.3, 0.4) is 0 Å². The molecule has 0 N–H and O–H groups in total. The van der Waals surface area contributed by atoms with E-state index in [4.69, 9.17) is 0 Å². The molecule has 0 radical (unpaired) electrons. The number of hydrogen-bond donors (Lipinski definition) is 0. The van der Waals surface area contributed by atoms with E-state index in [-0.39, 0.29) is 18.0 Å². The number of carbonyl (C=O) groups is 1. The van der Waals surface area contributed by atoms with Crippen molar-refractivity contribution in [3.05, 3.63) is 93.6 Å². The third-order valence-corrected chi connectivity index (χ3v) is 6.27. The van der Waals surface area contributed by atoms with Crippen molar-refractivity contribution in [3.8, 4) is 5.69 Å². The number of nitrogens with zero attached hydrogens (tertiary/aromatic N) is 6. The predicted molar refractivity (Wildman–Crippen MR) is 133 cm³/mol. The van der Waals surface area contributed by atoms with Crippen LogP contribution in [0.2, 0.25) is 0 Å². The highest BCUT2D eigenvalue weighted by Gasteiger charge is 2.18. The number of benzene rings is 2. The van der Waals surface area contributed by atoms with Gasteiger partial charge in [0, 0.05) is 12.3 Å². The fourth-order valence-corrected chi connectivity index (χ4v) is 4.85. The molecule has 5 rings (SSSR count). The number of para-hydroxylation sites is 1. The van der Waals surface area contributed by atoms with E-state index in [0.717, 1.165) is 22.5 Å². The van der Waals surface area contributed by atoms with Crippen molar-refractivity contribution < 1.29 is 4.79 Å². The van der Waals surface area contributed by atoms with Crippen LogP contribution in [0, 0.1) is 13.8 Å². The lowest BCUT2D eigenvalue weighted by atomic mass is 10.1. The van der Waals surface area contributed by atoms with Gasteiger partial charge in [-0.05, 0) is 49.2 Å². The lowest BCUT2D eigenvalue weighted by molar-refractivity contribution is -0.115. The van der Waals surface area contributed by atoms with E-state index in [1.54, 1.807) is 15.8 Å². The number of carbonyl (C=O) groups excluding carboxylic acids is 1. The SMILES string of the molecule is CC(=O)N(c1ccccc1)c1nc(Cn2cnc3c(cnn3-c3cc(C)cc(C)c3)c2=O)cs1. The van der Waals surface area contributed by atoms with Gasteiger partial charge in [-0.15, -0.1) is 11.3 Å². The molecule has 0 spiro atoms. The second-order valence-electron chi connectivity index (χ2n) is 8.13. The van der Waals surface area contributed by atoms with Crippen molar-refractivity contribution in [3.63, 3.8) is 0 Å². The Kier molecular flexibility index (Phi) is 5.54. The Morgan fingerprint density at radius 3 is 2.53 bits per heavy atom. The maximum Gasteiger partial charge on any atom is 0.264 e. The Balaban J connectivity index is 1.46. The highest BCUT2D eigenvalue weighted by molar-refractivity contribution is 7.14. The molecular weight excluding hydrogens is 448 g/mol. The highest BCUT2D eigenvalue weighted by Crippen LogP contribution is 2.29. The fourth-order valence-electron chi connectivity index (χ4n) is 3.97. The molecule has 5 aromatic rings. The molecule has 0 saturated carbocycles. The lowest BCUT2D eigenvalue weighted by Crippen LogP contribution is -2.23. The van der Waals surface area contributed by atoms with Gasteiger partial charge in [0.1, 0.15) is 11.7 Å². The van der Waals surface area contributed by atoms with Gasteiger partial charge in [0.2, 0.25) is 5.91 Å². The molecule has 0 aliphatic heterocycles. The molecule has 0 saturated heterocycles. The van der Waals surface area contributed by atoms with E-state index in [1.165, 1.54) is 29.2 Å². The summed E-state index contributed by atoms with van der Waals surface area (Å²) >= 11 is 1.36. The smallest absolute Gasteiger partial charge is 0.264 e. The molecular formula is C25H22N6O2S. The van der Waals surface area contributed by atoms with Gasteiger partial charge in [0.15, 0.2) is 10.8 Å². The van der Waals surface area contributed by atoms with Crippen molar-refractivity contribution >= 4 is 39.1 Å². The molecule has 0 unspecified atom stereocenters. The minimum absolute atomic E-state index is 0.133. The third-order valence-electron chi connectivity index (χ3n) is 5.40. The van der Waals surface area contributed by atoms with Crippen molar-refractivity contribution in [2.24, 2.45) is 0 Å². The molecule has 0 atom stereocenters. The van der Waals surface area contributed by atoms with E-state index in [0.29, 0.717) is 21.9 Å². The Bertz CT molecular complexity index is 1550. The van der Waals surface area contributed by atoms with Crippen LogP contribution in [0.25, 0.3) is 16.7 Å². The summed E-state index contributed by atoms with van der Waals surface area (Å²) in [6.45, 7) is 5.79. The van der Waals surface area contributed by atoms with E-state index in [1.807, 2.05) is 61.7 Å². The molecule has 9 heteroatoms. The number of thiazole rings is 1. The van der Waals surface area contributed by atoms with Crippen LogP contribution in [-0.4, -0.2) is 30.2 Å². The Morgan fingerprint density at radius 2 is 1.82 bits per heavy atom. The summed E-state index contributed by atoms with van der Waals surface area (Å²) in [5.74, 6) is -0.133. The van der Waals surface area contributed by atoms with Crippen molar-refractivity contribution in [2.45, 2.75) is 27.3 Å². The first kappa shape index (κ1) is 21.7. The van der Waals surface area contributed by atoms with Crippen LogP contribution >= 0.6 is 11.3 Å². The quantitative estimate of drug-likeness (QED) is 0.380. The van der Waals surface area contributed by atoms with Crippen LogP contribution in [0.4, 0.5) is 10.8 Å². The van der Waals surface area contributed by atoms with Gasteiger partial charge < -0.3 is 0 Å². The zero-order chi connectivity index (χ0) is 23.8. The van der Waals surface area contributed by atoms with E-state index < -0.39 is 0 Å². The summed E-state index contributed by atoms with van der Waals surface area (Å²) in [6.07, 6.45) is 3.07. The van der Waals surface area contributed by atoms with Gasteiger partial charge >= 0.3 is 0 Å². The van der Waals surface area contributed by atoms with E-state index >= 15 is 0 Å². The summed E-state index contributed by atoms with van der Waals surface area (Å²) in [4.78, 5) is 36.2. The summed E-state index contributed by atoms with van der Waals surface area (Å²) < 4.78 is 3.20. The average molecular weight is 471 g/mol. The Labute approximate surface area is 199 Å². The zero-order valence-electron chi connectivity index (χ0n) is 19.0. The maximum absolute atomic E-state index is 13.2. The first-order valence-corrected chi connectivity index (χ1v) is 11.6. The molecule has 2 aromatic carbocycles. The largest absolute Gasteiger partial charge is 0.292 e. The topological polar surface area (TPSA) is 85.9 Å². The third kappa shape index (κ3) is 4.01. The number of anilines is 2. The Morgan fingerprint density at radius 1 is 1.09 bits per heavy atom. The molecule has 3 heterocycles. The zero-order valence-corrected chi connectivity index (χ0v) is 19.8. The van der Waals surface area contributed by atoms with Gasteiger partial charge in [0.25, 0.3) is 5.56 Å². The van der Waals surface area contributed by atoms with Crippen LogP contribution < -0.4 is 10.5 Å². The highest BCUT2D eigenvalue weighted by atomic mass is 32.1. The van der Waals surface area contributed by atoms with Crippen LogP contribution in [-0.2, 0) is 11.3 Å². The first-order valence-electron chi connectivity index (χ1n) is 10.7. The normalized spacial score (nSPS) is 11.1.